The molecule has 0 saturated heterocycles. The quantitative estimate of drug-likeness (QED) is 0.540. The van der Waals surface area contributed by atoms with Crippen LogP contribution >= 0.6 is 0 Å². The van der Waals surface area contributed by atoms with Gasteiger partial charge in [0.1, 0.15) is 5.70 Å². The lowest BCUT2D eigenvalue weighted by molar-refractivity contribution is -0.129. The highest BCUT2D eigenvalue weighted by Crippen LogP contribution is 2.10. The molecular weight excluding hydrogens is 190 g/mol. The third kappa shape index (κ3) is 2.20. The Morgan fingerprint density at radius 1 is 1.20 bits per heavy atom. The number of hydrogen-bond donors (Lipinski definition) is 0. The standard InChI is InChI=1S/C12H9NO2/c1-9-12(14)15-11(13-9)8-7-10-5-3-2-4-6-10/h2-8H,1H2/b8-7+. The molecule has 1 heterocycles. The van der Waals surface area contributed by atoms with E-state index in [2.05, 4.69) is 11.6 Å². The normalized spacial score (nSPS) is 15.6. The van der Waals surface area contributed by atoms with Crippen LogP contribution in [0.1, 0.15) is 5.56 Å². The van der Waals surface area contributed by atoms with Crippen LogP contribution in [0.2, 0.25) is 0 Å². The molecule has 0 amide bonds. The van der Waals surface area contributed by atoms with Crippen molar-refractivity contribution in [2.75, 3.05) is 0 Å². The lowest BCUT2D eigenvalue weighted by atomic mass is 10.2. The van der Waals surface area contributed by atoms with E-state index in [-0.39, 0.29) is 11.6 Å². The van der Waals surface area contributed by atoms with Crippen molar-refractivity contribution in [2.45, 2.75) is 0 Å². The highest BCUT2D eigenvalue weighted by atomic mass is 16.6. The van der Waals surface area contributed by atoms with Crippen LogP contribution < -0.4 is 0 Å². The Morgan fingerprint density at radius 3 is 2.53 bits per heavy atom. The minimum atomic E-state index is -0.484. The highest BCUT2D eigenvalue weighted by molar-refractivity contribution is 6.09. The van der Waals surface area contributed by atoms with Gasteiger partial charge in [-0.3, -0.25) is 0 Å². The van der Waals surface area contributed by atoms with Crippen molar-refractivity contribution >= 4 is 17.9 Å². The van der Waals surface area contributed by atoms with E-state index in [9.17, 15) is 4.79 Å². The summed E-state index contributed by atoms with van der Waals surface area (Å²) in [6, 6.07) is 9.69. The minimum absolute atomic E-state index is 0.141. The third-order valence-electron chi connectivity index (χ3n) is 1.90. The van der Waals surface area contributed by atoms with Crippen molar-refractivity contribution in [1.82, 2.24) is 0 Å². The molecule has 1 aromatic carbocycles. The number of carbonyl (C=O) groups excluding carboxylic acids is 1. The summed E-state index contributed by atoms with van der Waals surface area (Å²) >= 11 is 0. The summed E-state index contributed by atoms with van der Waals surface area (Å²) in [6.07, 6.45) is 3.47. The fourth-order valence-corrected chi connectivity index (χ4v) is 1.16. The number of aliphatic imine (C=N–C) groups is 1. The van der Waals surface area contributed by atoms with Crippen LogP contribution in [-0.4, -0.2) is 11.9 Å². The predicted octanol–water partition coefficient (Wildman–Crippen LogP) is 2.17. The molecule has 3 nitrogen and oxygen atoms in total. The molecule has 2 rings (SSSR count). The number of cyclic esters (lactones) is 1. The van der Waals surface area contributed by atoms with Crippen molar-refractivity contribution in [3.05, 3.63) is 54.2 Å². The van der Waals surface area contributed by atoms with E-state index in [1.807, 2.05) is 36.4 Å². The first kappa shape index (κ1) is 9.40. The molecule has 0 spiro atoms. The molecule has 0 bridgehead atoms. The minimum Gasteiger partial charge on any atom is -0.403 e. The second-order valence-electron chi connectivity index (χ2n) is 3.03. The van der Waals surface area contributed by atoms with Crippen molar-refractivity contribution in [1.29, 1.82) is 0 Å². The number of carbonyl (C=O) groups is 1. The van der Waals surface area contributed by atoms with E-state index in [1.165, 1.54) is 0 Å². The first-order valence-corrected chi connectivity index (χ1v) is 4.48. The number of nitrogens with zero attached hydrogens (tertiary/aromatic N) is 1. The molecule has 0 saturated carbocycles. The molecule has 15 heavy (non-hydrogen) atoms. The zero-order valence-electron chi connectivity index (χ0n) is 8.01. The average molecular weight is 199 g/mol. The molecule has 1 aliphatic rings. The predicted molar refractivity (Wildman–Crippen MR) is 58.1 cm³/mol. The molecule has 0 N–H and O–H groups in total. The molecule has 0 radical (unpaired) electrons. The zero-order chi connectivity index (χ0) is 10.7. The van der Waals surface area contributed by atoms with Crippen molar-refractivity contribution in [3.63, 3.8) is 0 Å². The summed E-state index contributed by atoms with van der Waals surface area (Å²) in [5.41, 5.74) is 1.16. The van der Waals surface area contributed by atoms with Gasteiger partial charge in [-0.1, -0.05) is 36.9 Å². The van der Waals surface area contributed by atoms with Crippen LogP contribution in [0.3, 0.4) is 0 Å². The van der Waals surface area contributed by atoms with Crippen LogP contribution in [0, 0.1) is 0 Å². The van der Waals surface area contributed by atoms with Gasteiger partial charge in [0.05, 0.1) is 0 Å². The Labute approximate surface area is 87.4 Å². The lowest BCUT2D eigenvalue weighted by Gasteiger charge is -1.92. The van der Waals surface area contributed by atoms with Crippen molar-refractivity contribution in [3.8, 4) is 0 Å². The van der Waals surface area contributed by atoms with E-state index in [4.69, 9.17) is 4.74 Å². The average Bonchev–Trinajstić information content (AvgIpc) is 2.57. The summed E-state index contributed by atoms with van der Waals surface area (Å²) in [6.45, 7) is 3.44. The highest BCUT2D eigenvalue weighted by Gasteiger charge is 2.18. The second-order valence-corrected chi connectivity index (χ2v) is 3.03. The van der Waals surface area contributed by atoms with E-state index in [0.29, 0.717) is 0 Å². The van der Waals surface area contributed by atoms with Gasteiger partial charge < -0.3 is 4.74 Å². The second kappa shape index (κ2) is 3.92. The summed E-state index contributed by atoms with van der Waals surface area (Å²) < 4.78 is 4.82. The maximum Gasteiger partial charge on any atom is 0.363 e. The topological polar surface area (TPSA) is 38.7 Å². The maximum absolute atomic E-state index is 10.9. The monoisotopic (exact) mass is 199 g/mol. The Morgan fingerprint density at radius 2 is 1.93 bits per heavy atom. The molecule has 0 atom stereocenters. The van der Waals surface area contributed by atoms with Gasteiger partial charge in [0, 0.05) is 6.08 Å². The Kier molecular flexibility index (Phi) is 2.46. The first-order valence-electron chi connectivity index (χ1n) is 4.48. The number of rotatable bonds is 2. The van der Waals surface area contributed by atoms with Gasteiger partial charge >= 0.3 is 5.97 Å². The number of esters is 1. The molecule has 1 aliphatic heterocycles. The molecule has 74 valence electrons. The van der Waals surface area contributed by atoms with Gasteiger partial charge in [-0.25, -0.2) is 9.79 Å². The van der Waals surface area contributed by atoms with Gasteiger partial charge in [0.2, 0.25) is 5.90 Å². The fraction of sp³-hybridized carbons (Fsp3) is 0. The SMILES string of the molecule is C=C1N=C(/C=C/c2ccccc2)OC1=O. The lowest BCUT2D eigenvalue weighted by Crippen LogP contribution is -2.00. The van der Waals surface area contributed by atoms with Crippen LogP contribution in [0.15, 0.2) is 53.7 Å². The van der Waals surface area contributed by atoms with Crippen LogP contribution in [0.5, 0.6) is 0 Å². The van der Waals surface area contributed by atoms with Gasteiger partial charge in [0.25, 0.3) is 0 Å². The third-order valence-corrected chi connectivity index (χ3v) is 1.90. The largest absolute Gasteiger partial charge is 0.403 e. The summed E-state index contributed by atoms with van der Waals surface area (Å²) in [5, 5.41) is 0. The molecule has 0 unspecified atom stereocenters. The van der Waals surface area contributed by atoms with Gasteiger partial charge in [0.15, 0.2) is 0 Å². The molecule has 3 heteroatoms. The van der Waals surface area contributed by atoms with E-state index >= 15 is 0 Å². The number of hydrogen-bond acceptors (Lipinski definition) is 3. The van der Waals surface area contributed by atoms with E-state index in [1.54, 1.807) is 6.08 Å². The summed E-state index contributed by atoms with van der Waals surface area (Å²) in [5.74, 6) is -0.198. The van der Waals surface area contributed by atoms with Crippen LogP contribution in [0.4, 0.5) is 0 Å². The van der Waals surface area contributed by atoms with Gasteiger partial charge in [-0.05, 0) is 11.6 Å². The van der Waals surface area contributed by atoms with E-state index < -0.39 is 5.97 Å². The van der Waals surface area contributed by atoms with Gasteiger partial charge in [-0.15, -0.1) is 0 Å². The Balaban J connectivity index is 2.11. The molecular formula is C12H9NO2. The van der Waals surface area contributed by atoms with Crippen LogP contribution in [-0.2, 0) is 9.53 Å². The fourth-order valence-electron chi connectivity index (χ4n) is 1.16. The zero-order valence-corrected chi connectivity index (χ0v) is 8.01. The summed E-state index contributed by atoms with van der Waals surface area (Å²) in [7, 11) is 0. The Hall–Kier alpha value is -2.16. The van der Waals surface area contributed by atoms with E-state index in [0.717, 1.165) is 5.56 Å². The van der Waals surface area contributed by atoms with Gasteiger partial charge in [-0.2, -0.15) is 0 Å². The molecule has 1 aromatic rings. The Bertz CT molecular complexity index is 458. The van der Waals surface area contributed by atoms with Crippen LogP contribution in [0.25, 0.3) is 6.08 Å². The molecule has 0 aromatic heterocycles. The maximum atomic E-state index is 10.9. The van der Waals surface area contributed by atoms with Crippen molar-refractivity contribution < 1.29 is 9.53 Å². The smallest absolute Gasteiger partial charge is 0.363 e. The first-order chi connectivity index (χ1) is 7.25. The molecule has 0 aliphatic carbocycles. The summed E-state index contributed by atoms with van der Waals surface area (Å²) in [4.78, 5) is 14.8. The number of benzene rings is 1. The number of ether oxygens (including phenoxy) is 1. The van der Waals surface area contributed by atoms with Crippen molar-refractivity contribution in [2.24, 2.45) is 4.99 Å². The molecule has 0 fully saturated rings.